The lowest BCUT2D eigenvalue weighted by atomic mass is 10.2. The maximum atomic E-state index is 11.9. The average molecular weight is 366 g/mol. The Kier molecular flexibility index (Phi) is 6.55. The van der Waals surface area contributed by atoms with E-state index >= 15 is 0 Å². The van der Waals surface area contributed by atoms with Crippen molar-refractivity contribution in [3.63, 3.8) is 0 Å². The van der Waals surface area contributed by atoms with Gasteiger partial charge in [0.15, 0.2) is 6.10 Å². The molecule has 0 aliphatic carbocycles. The van der Waals surface area contributed by atoms with Crippen LogP contribution in [0.25, 0.3) is 10.7 Å². The van der Waals surface area contributed by atoms with E-state index in [9.17, 15) is 4.79 Å². The number of aromatic nitrogens is 2. The normalized spacial score (nSPS) is 18.4. The lowest BCUT2D eigenvalue weighted by Crippen LogP contribution is -2.27. The number of esters is 1. The summed E-state index contributed by atoms with van der Waals surface area (Å²) in [7, 11) is 0. The number of hydrogen-bond donors (Lipinski definition) is 0. The number of nitrogens with zero attached hydrogens (tertiary/aromatic N) is 2. The monoisotopic (exact) mass is 366 g/mol. The molecule has 3 rings (SSSR count). The highest BCUT2D eigenvalue weighted by molar-refractivity contribution is 7.13. The Bertz CT molecular complexity index is 652. The van der Waals surface area contributed by atoms with Gasteiger partial charge in [-0.05, 0) is 37.6 Å². The molecule has 0 saturated carbocycles. The summed E-state index contributed by atoms with van der Waals surface area (Å²) in [5.74, 6) is 0.781. The zero-order chi connectivity index (χ0) is 17.5. The van der Waals surface area contributed by atoms with E-state index in [4.69, 9.17) is 18.7 Å². The molecule has 3 heterocycles. The van der Waals surface area contributed by atoms with Crippen molar-refractivity contribution in [3.05, 3.63) is 23.4 Å². The molecule has 8 heteroatoms. The molecule has 1 saturated heterocycles. The van der Waals surface area contributed by atoms with Crippen molar-refractivity contribution in [1.82, 2.24) is 10.1 Å². The van der Waals surface area contributed by atoms with Crippen molar-refractivity contribution in [2.75, 3.05) is 19.8 Å². The van der Waals surface area contributed by atoms with Gasteiger partial charge in [0, 0.05) is 13.0 Å². The van der Waals surface area contributed by atoms with Crippen molar-refractivity contribution >= 4 is 17.3 Å². The van der Waals surface area contributed by atoms with Crippen LogP contribution in [0.2, 0.25) is 0 Å². The Morgan fingerprint density at radius 1 is 1.52 bits per heavy atom. The van der Waals surface area contributed by atoms with Gasteiger partial charge in [0.25, 0.3) is 0 Å². The van der Waals surface area contributed by atoms with Crippen LogP contribution in [-0.4, -0.2) is 48.1 Å². The van der Waals surface area contributed by atoms with Crippen LogP contribution in [0.1, 0.15) is 32.1 Å². The number of aryl methyl sites for hydroxylation is 1. The van der Waals surface area contributed by atoms with Gasteiger partial charge >= 0.3 is 5.97 Å². The summed E-state index contributed by atoms with van der Waals surface area (Å²) >= 11 is 1.56. The summed E-state index contributed by atoms with van der Waals surface area (Å²) in [6.07, 6.45) is 2.74. The summed E-state index contributed by atoms with van der Waals surface area (Å²) in [4.78, 5) is 17.2. The summed E-state index contributed by atoms with van der Waals surface area (Å²) in [6, 6.07) is 3.89. The van der Waals surface area contributed by atoms with E-state index in [2.05, 4.69) is 10.1 Å². The lowest BCUT2D eigenvalue weighted by Gasteiger charge is -2.15. The van der Waals surface area contributed by atoms with Crippen LogP contribution in [0.4, 0.5) is 0 Å². The summed E-state index contributed by atoms with van der Waals surface area (Å²) < 4.78 is 21.4. The van der Waals surface area contributed by atoms with E-state index in [0.717, 1.165) is 24.3 Å². The third kappa shape index (κ3) is 5.35. The summed E-state index contributed by atoms with van der Waals surface area (Å²) in [5, 5.41) is 5.91. The lowest BCUT2D eigenvalue weighted by molar-refractivity contribution is -0.157. The maximum Gasteiger partial charge on any atom is 0.334 e. The van der Waals surface area contributed by atoms with Crippen LogP contribution < -0.4 is 0 Å². The van der Waals surface area contributed by atoms with Gasteiger partial charge in [0.05, 0.1) is 24.2 Å². The molecule has 0 radical (unpaired) electrons. The number of hydrogen-bond acceptors (Lipinski definition) is 8. The van der Waals surface area contributed by atoms with Crippen LogP contribution in [0, 0.1) is 0 Å². The second-order valence-electron chi connectivity index (χ2n) is 5.87. The van der Waals surface area contributed by atoms with Crippen molar-refractivity contribution < 1.29 is 23.5 Å². The molecule has 0 aromatic carbocycles. The molecule has 0 bridgehead atoms. The van der Waals surface area contributed by atoms with E-state index in [-0.39, 0.29) is 12.1 Å². The largest absolute Gasteiger partial charge is 0.464 e. The minimum absolute atomic E-state index is 0.102. The number of rotatable bonds is 9. The molecular formula is C17H22N2O5S. The molecule has 1 aliphatic rings. The quantitative estimate of drug-likeness (QED) is 0.498. The first kappa shape index (κ1) is 18.0. The maximum absolute atomic E-state index is 11.9. The van der Waals surface area contributed by atoms with Gasteiger partial charge in [-0.15, -0.1) is 11.3 Å². The van der Waals surface area contributed by atoms with Crippen LogP contribution in [0.15, 0.2) is 22.0 Å². The second-order valence-corrected chi connectivity index (χ2v) is 6.82. The molecule has 0 amide bonds. The predicted octanol–water partition coefficient (Wildman–Crippen LogP) is 2.86. The van der Waals surface area contributed by atoms with E-state index in [1.165, 1.54) is 0 Å². The topological polar surface area (TPSA) is 83.7 Å². The highest BCUT2D eigenvalue weighted by atomic mass is 32.1. The standard InChI is InChI=1S/C17H22N2O5S/c1-12(23-11-13-5-2-8-21-13)17(20)22-9-3-7-15-18-16(19-24-15)14-6-4-10-25-14/h4,6,10,12-13H,2-3,5,7-9,11H2,1H3. The Morgan fingerprint density at radius 2 is 2.44 bits per heavy atom. The van der Waals surface area contributed by atoms with Crippen molar-refractivity contribution in [2.24, 2.45) is 0 Å². The molecule has 2 aromatic heterocycles. The molecule has 2 aromatic rings. The first-order valence-electron chi connectivity index (χ1n) is 8.48. The van der Waals surface area contributed by atoms with Crippen LogP contribution >= 0.6 is 11.3 Å². The molecule has 136 valence electrons. The first-order chi connectivity index (χ1) is 12.2. The zero-order valence-corrected chi connectivity index (χ0v) is 15.0. The van der Waals surface area contributed by atoms with Gasteiger partial charge in [-0.1, -0.05) is 11.2 Å². The van der Waals surface area contributed by atoms with Gasteiger partial charge in [0.2, 0.25) is 11.7 Å². The summed E-state index contributed by atoms with van der Waals surface area (Å²) in [6.45, 7) is 3.20. The Labute approximate surface area is 150 Å². The fourth-order valence-corrected chi connectivity index (χ4v) is 3.12. The van der Waals surface area contributed by atoms with Crippen molar-refractivity contribution in [3.8, 4) is 10.7 Å². The molecule has 25 heavy (non-hydrogen) atoms. The van der Waals surface area contributed by atoms with Gasteiger partial charge in [0.1, 0.15) is 0 Å². The Morgan fingerprint density at radius 3 is 3.20 bits per heavy atom. The third-order valence-corrected chi connectivity index (χ3v) is 4.74. The van der Waals surface area contributed by atoms with Crippen LogP contribution in [-0.2, 0) is 25.4 Å². The molecule has 1 aliphatic heterocycles. The van der Waals surface area contributed by atoms with Gasteiger partial charge in [-0.25, -0.2) is 4.79 Å². The van der Waals surface area contributed by atoms with E-state index in [1.807, 2.05) is 17.5 Å². The van der Waals surface area contributed by atoms with Crippen LogP contribution in [0.3, 0.4) is 0 Å². The zero-order valence-electron chi connectivity index (χ0n) is 14.2. The molecule has 1 fully saturated rings. The predicted molar refractivity (Wildman–Crippen MR) is 91.3 cm³/mol. The highest BCUT2D eigenvalue weighted by Crippen LogP contribution is 2.21. The molecular weight excluding hydrogens is 344 g/mol. The fourth-order valence-electron chi connectivity index (χ4n) is 2.47. The van der Waals surface area contributed by atoms with Crippen molar-refractivity contribution in [1.29, 1.82) is 0 Å². The van der Waals surface area contributed by atoms with Crippen LogP contribution in [0.5, 0.6) is 0 Å². The number of thiophene rings is 1. The Hall–Kier alpha value is -1.77. The number of carbonyl (C=O) groups excluding carboxylic acids is 1. The molecule has 0 spiro atoms. The van der Waals surface area contributed by atoms with E-state index < -0.39 is 6.10 Å². The van der Waals surface area contributed by atoms with Gasteiger partial charge in [-0.3, -0.25) is 0 Å². The number of ether oxygens (including phenoxy) is 3. The average Bonchev–Trinajstić information content (AvgIpc) is 3.38. The third-order valence-electron chi connectivity index (χ3n) is 3.88. The molecule has 0 N–H and O–H groups in total. The molecule has 2 unspecified atom stereocenters. The van der Waals surface area contributed by atoms with E-state index in [1.54, 1.807) is 18.3 Å². The summed E-state index contributed by atoms with van der Waals surface area (Å²) in [5.41, 5.74) is 0. The molecule has 7 nitrogen and oxygen atoms in total. The SMILES string of the molecule is CC(OCC1CCCO1)C(=O)OCCCc1nc(-c2cccs2)no1. The number of carbonyl (C=O) groups is 1. The highest BCUT2D eigenvalue weighted by Gasteiger charge is 2.20. The smallest absolute Gasteiger partial charge is 0.334 e. The fraction of sp³-hybridized carbons (Fsp3) is 0.588. The Balaban J connectivity index is 1.31. The molecule has 2 atom stereocenters. The van der Waals surface area contributed by atoms with E-state index in [0.29, 0.717) is 37.8 Å². The van der Waals surface area contributed by atoms with Gasteiger partial charge < -0.3 is 18.7 Å². The first-order valence-corrected chi connectivity index (χ1v) is 9.36. The van der Waals surface area contributed by atoms with Crippen molar-refractivity contribution in [2.45, 2.75) is 44.8 Å². The minimum Gasteiger partial charge on any atom is -0.464 e. The van der Waals surface area contributed by atoms with Gasteiger partial charge in [-0.2, -0.15) is 4.98 Å². The minimum atomic E-state index is -0.585. The second kappa shape index (κ2) is 9.07.